The van der Waals surface area contributed by atoms with Gasteiger partial charge in [-0.25, -0.2) is 0 Å². The van der Waals surface area contributed by atoms with Gasteiger partial charge in [-0.2, -0.15) is 0 Å². The smallest absolute Gasteiger partial charge is 1.00 e. The van der Waals surface area contributed by atoms with E-state index in [1.807, 2.05) is 0 Å². The summed E-state index contributed by atoms with van der Waals surface area (Å²) in [6.45, 7) is 0. The van der Waals surface area contributed by atoms with E-state index in [1.54, 1.807) is 3.28 Å². The normalized spacial score (nSPS) is 14.3. The van der Waals surface area contributed by atoms with Crippen LogP contribution < -0.4 is 0 Å². The molecule has 1 aromatic carbocycles. The van der Waals surface area contributed by atoms with Crippen LogP contribution in [0, 0.1) is 0 Å². The molecule has 1 aliphatic rings. The Morgan fingerprint density at radius 3 is 2.77 bits per heavy atom. The summed E-state index contributed by atoms with van der Waals surface area (Å²) >= 11 is -0.285. The van der Waals surface area contributed by atoms with E-state index in [-0.39, 0.29) is 24.7 Å². The molecule has 1 aromatic rings. The van der Waals surface area contributed by atoms with Crippen LogP contribution >= 0.6 is 0 Å². The molecule has 0 bridgehead atoms. The first-order valence-corrected chi connectivity index (χ1v) is 7.55. The average Bonchev–Trinajstić information content (AvgIpc) is 2.69. The maximum Gasteiger partial charge on any atom is -1.00 e. The van der Waals surface area contributed by atoms with E-state index in [2.05, 4.69) is 48.6 Å². The zero-order valence-electron chi connectivity index (χ0n) is 8.53. The monoisotopic (exact) mass is 247 g/mol. The van der Waals surface area contributed by atoms with Crippen molar-refractivity contribution in [3.8, 4) is 0 Å². The van der Waals surface area contributed by atoms with Crippen LogP contribution in [0.1, 0.15) is 13.4 Å². The summed E-state index contributed by atoms with van der Waals surface area (Å²) < 4.78 is 3.07. The van der Waals surface area contributed by atoms with Crippen LogP contribution in [0.5, 0.6) is 0 Å². The van der Waals surface area contributed by atoms with Gasteiger partial charge in [-0.15, -0.1) is 0 Å². The van der Waals surface area contributed by atoms with E-state index in [0.29, 0.717) is 0 Å². The first-order valence-electron chi connectivity index (χ1n) is 4.58. The minimum absolute atomic E-state index is 0. The molecule has 0 nitrogen and oxygen atoms in total. The Morgan fingerprint density at radius 1 is 1.23 bits per heavy atom. The van der Waals surface area contributed by atoms with Crippen molar-refractivity contribution in [1.29, 1.82) is 0 Å². The Balaban J connectivity index is 0.000000980. The summed E-state index contributed by atoms with van der Waals surface area (Å²) in [5.41, 5.74) is 1.52. The summed E-state index contributed by atoms with van der Waals surface area (Å²) in [5.74, 6) is 0. The quantitative estimate of drug-likeness (QED) is 0.770. The van der Waals surface area contributed by atoms with Crippen molar-refractivity contribution in [2.45, 2.75) is 10.5 Å². The predicted molar refractivity (Wildman–Crippen MR) is 53.1 cm³/mol. The molecule has 66 valence electrons. The number of hydrogen-bond acceptors (Lipinski definition) is 0. The largest absolute Gasteiger partial charge is 1.00 e. The third-order valence-corrected chi connectivity index (χ3v) is 5.60. The van der Waals surface area contributed by atoms with Crippen molar-refractivity contribution in [2.75, 3.05) is 0 Å². The minimum atomic E-state index is -0.285. The number of rotatable bonds is 3. The van der Waals surface area contributed by atoms with Gasteiger partial charge in [-0.05, 0) is 0 Å². The topological polar surface area (TPSA) is 0 Å². The van der Waals surface area contributed by atoms with Gasteiger partial charge >= 0.3 is 91.2 Å². The van der Waals surface area contributed by atoms with E-state index in [9.17, 15) is 0 Å². The SMILES string of the molecule is C1=CC[C]([Zr][CH2]c2ccccc2)=C1.[H-]. The third kappa shape index (κ3) is 2.77. The Hall–Kier alpha value is -0.417. The van der Waals surface area contributed by atoms with E-state index in [1.165, 1.54) is 16.1 Å². The van der Waals surface area contributed by atoms with Crippen molar-refractivity contribution in [2.24, 2.45) is 0 Å². The molecule has 2 rings (SSSR count). The number of benzene rings is 1. The molecule has 0 heterocycles. The van der Waals surface area contributed by atoms with Crippen LogP contribution in [0.15, 0.2) is 51.8 Å². The number of hydrogen-bond donors (Lipinski definition) is 0. The fourth-order valence-corrected chi connectivity index (χ4v) is 4.20. The summed E-state index contributed by atoms with van der Waals surface area (Å²) in [4.78, 5) is 0. The molecule has 0 spiro atoms. The third-order valence-electron chi connectivity index (χ3n) is 2.13. The van der Waals surface area contributed by atoms with E-state index < -0.39 is 0 Å². The second-order valence-corrected chi connectivity index (χ2v) is 6.48. The summed E-state index contributed by atoms with van der Waals surface area (Å²) in [5, 5.41) is 0. The average molecular weight is 248 g/mol. The molecular formula is C12H13Zr-. The Kier molecular flexibility index (Phi) is 3.32. The molecule has 1 heteroatoms. The Bertz CT molecular complexity index is 327. The predicted octanol–water partition coefficient (Wildman–Crippen LogP) is 3.23. The summed E-state index contributed by atoms with van der Waals surface area (Å²) in [6, 6.07) is 10.8. The van der Waals surface area contributed by atoms with Gasteiger partial charge in [0, 0.05) is 0 Å². The Labute approximate surface area is 92.4 Å². The molecule has 0 atom stereocenters. The molecule has 0 radical (unpaired) electrons. The van der Waals surface area contributed by atoms with Crippen molar-refractivity contribution in [3.63, 3.8) is 0 Å². The maximum absolute atomic E-state index is 2.31. The van der Waals surface area contributed by atoms with Crippen molar-refractivity contribution < 1.29 is 24.7 Å². The van der Waals surface area contributed by atoms with Gasteiger partial charge < -0.3 is 1.43 Å². The molecule has 1 aliphatic carbocycles. The van der Waals surface area contributed by atoms with Crippen LogP contribution in [0.4, 0.5) is 0 Å². The standard InChI is InChI=1S/C7H7.C5H5.Zr.H/c1-7-5-3-2-4-6-7;1-2-4-5-3-1;;/h2-6H,1H2;1-3H,4H2;;/q;;;-1. The zero-order chi connectivity index (χ0) is 8.93. The zero-order valence-corrected chi connectivity index (χ0v) is 9.99. The van der Waals surface area contributed by atoms with Crippen molar-refractivity contribution in [1.82, 2.24) is 0 Å². The first kappa shape index (κ1) is 9.15. The fourth-order valence-electron chi connectivity index (χ4n) is 1.39. The second-order valence-electron chi connectivity index (χ2n) is 3.16. The first-order chi connectivity index (χ1) is 6.45. The Morgan fingerprint density at radius 2 is 2.08 bits per heavy atom. The van der Waals surface area contributed by atoms with Gasteiger partial charge in [-0.3, -0.25) is 0 Å². The van der Waals surface area contributed by atoms with Gasteiger partial charge in [0.2, 0.25) is 0 Å². The molecule has 0 saturated heterocycles. The van der Waals surface area contributed by atoms with Crippen molar-refractivity contribution >= 4 is 0 Å². The summed E-state index contributed by atoms with van der Waals surface area (Å²) in [6.07, 6.45) is 8.01. The van der Waals surface area contributed by atoms with Crippen LogP contribution in [0.25, 0.3) is 0 Å². The van der Waals surface area contributed by atoms with Crippen LogP contribution in [-0.4, -0.2) is 0 Å². The van der Waals surface area contributed by atoms with Crippen LogP contribution in [-0.2, 0) is 27.4 Å². The molecule has 0 amide bonds. The van der Waals surface area contributed by atoms with Gasteiger partial charge in [-0.1, -0.05) is 0 Å². The summed E-state index contributed by atoms with van der Waals surface area (Å²) in [7, 11) is 0. The van der Waals surface area contributed by atoms with Gasteiger partial charge in [0.05, 0.1) is 0 Å². The van der Waals surface area contributed by atoms with E-state index in [4.69, 9.17) is 0 Å². The molecule has 0 saturated carbocycles. The molecule has 13 heavy (non-hydrogen) atoms. The molecule has 0 aromatic heterocycles. The fraction of sp³-hybridized carbons (Fsp3) is 0.167. The van der Waals surface area contributed by atoms with Crippen molar-refractivity contribution in [3.05, 3.63) is 57.4 Å². The van der Waals surface area contributed by atoms with Gasteiger partial charge in [0.15, 0.2) is 0 Å². The minimum Gasteiger partial charge on any atom is -1.00 e. The van der Waals surface area contributed by atoms with E-state index in [0.717, 1.165) is 0 Å². The number of allylic oxidation sites excluding steroid dienone is 4. The van der Waals surface area contributed by atoms with Crippen LogP contribution in [0.2, 0.25) is 0 Å². The molecule has 0 unspecified atom stereocenters. The molecular weight excluding hydrogens is 235 g/mol. The molecule has 0 aliphatic heterocycles. The maximum atomic E-state index is 2.31. The van der Waals surface area contributed by atoms with E-state index >= 15 is 0 Å². The van der Waals surface area contributed by atoms with Crippen LogP contribution in [0.3, 0.4) is 0 Å². The molecule has 0 N–H and O–H groups in total. The second kappa shape index (κ2) is 4.72. The van der Waals surface area contributed by atoms with Gasteiger partial charge in [0.1, 0.15) is 0 Å². The van der Waals surface area contributed by atoms with Gasteiger partial charge in [0.25, 0.3) is 0 Å². The molecule has 0 fully saturated rings.